The molecule has 0 N–H and O–H groups in total. The van der Waals surface area contributed by atoms with Gasteiger partial charge >= 0.3 is 5.97 Å². The van der Waals surface area contributed by atoms with Crippen molar-refractivity contribution in [2.45, 2.75) is 33.1 Å². The minimum absolute atomic E-state index is 0.0580. The molecule has 0 saturated carbocycles. The van der Waals surface area contributed by atoms with E-state index in [1.54, 1.807) is 21.0 Å². The first-order valence-electron chi connectivity index (χ1n) is 6.55. The Bertz CT molecular complexity index is 316. The van der Waals surface area contributed by atoms with Crippen molar-refractivity contribution in [1.29, 1.82) is 0 Å². The third-order valence-corrected chi connectivity index (χ3v) is 2.52. The van der Waals surface area contributed by atoms with E-state index in [9.17, 15) is 14.4 Å². The number of rotatable bonds is 8. The number of hydrogen-bond acceptors (Lipinski definition) is 4. The first kappa shape index (κ1) is 17.4. The van der Waals surface area contributed by atoms with E-state index in [1.807, 2.05) is 6.92 Å². The van der Waals surface area contributed by atoms with Crippen LogP contribution >= 0.6 is 0 Å². The number of hydrogen-bond donors (Lipinski definition) is 0. The molecule has 0 radical (unpaired) electrons. The van der Waals surface area contributed by atoms with E-state index < -0.39 is 0 Å². The smallest absolute Gasteiger partial charge is 0.306 e. The SMILES string of the molecule is CCCN(CC(=O)N(C)C)C(=O)CCC(=O)OCC. The summed E-state index contributed by atoms with van der Waals surface area (Å²) in [5.74, 6) is -0.700. The molecule has 0 heterocycles. The molecule has 0 rings (SSSR count). The lowest BCUT2D eigenvalue weighted by Crippen LogP contribution is -2.40. The van der Waals surface area contributed by atoms with Gasteiger partial charge in [0, 0.05) is 27.1 Å². The molecule has 0 aliphatic rings. The van der Waals surface area contributed by atoms with Gasteiger partial charge in [-0.2, -0.15) is 0 Å². The fourth-order valence-corrected chi connectivity index (χ4v) is 1.47. The van der Waals surface area contributed by atoms with Crippen LogP contribution in [-0.2, 0) is 19.1 Å². The quantitative estimate of drug-likeness (QED) is 0.609. The zero-order chi connectivity index (χ0) is 14.8. The minimum atomic E-state index is -0.383. The zero-order valence-corrected chi connectivity index (χ0v) is 12.3. The van der Waals surface area contributed by atoms with Crippen molar-refractivity contribution in [2.24, 2.45) is 0 Å². The number of amides is 2. The van der Waals surface area contributed by atoms with E-state index in [1.165, 1.54) is 9.80 Å². The maximum atomic E-state index is 11.9. The molecule has 0 unspecified atom stereocenters. The van der Waals surface area contributed by atoms with Crippen LogP contribution in [0.15, 0.2) is 0 Å². The van der Waals surface area contributed by atoms with E-state index in [2.05, 4.69) is 0 Å². The van der Waals surface area contributed by atoms with Crippen molar-refractivity contribution < 1.29 is 19.1 Å². The summed E-state index contributed by atoms with van der Waals surface area (Å²) < 4.78 is 4.77. The number of carbonyl (C=O) groups excluding carboxylic acids is 3. The van der Waals surface area contributed by atoms with Gasteiger partial charge in [-0.05, 0) is 13.3 Å². The van der Waals surface area contributed by atoms with Crippen LogP contribution in [0.2, 0.25) is 0 Å². The second-order valence-corrected chi connectivity index (χ2v) is 4.41. The molecular formula is C13H24N2O4. The van der Waals surface area contributed by atoms with Gasteiger partial charge < -0.3 is 14.5 Å². The highest BCUT2D eigenvalue weighted by Gasteiger charge is 2.18. The van der Waals surface area contributed by atoms with Crippen LogP contribution in [0.3, 0.4) is 0 Å². The lowest BCUT2D eigenvalue weighted by molar-refractivity contribution is -0.146. The van der Waals surface area contributed by atoms with Gasteiger partial charge in [0.2, 0.25) is 11.8 Å². The van der Waals surface area contributed by atoms with Crippen LogP contribution in [0.5, 0.6) is 0 Å². The summed E-state index contributed by atoms with van der Waals surface area (Å²) in [6.45, 7) is 4.54. The molecular weight excluding hydrogens is 248 g/mol. The first-order valence-corrected chi connectivity index (χ1v) is 6.55. The Balaban J connectivity index is 4.32. The van der Waals surface area contributed by atoms with E-state index in [0.29, 0.717) is 13.2 Å². The van der Waals surface area contributed by atoms with Crippen molar-refractivity contribution in [3.05, 3.63) is 0 Å². The van der Waals surface area contributed by atoms with Gasteiger partial charge in [0.05, 0.1) is 19.6 Å². The fraction of sp³-hybridized carbons (Fsp3) is 0.769. The summed E-state index contributed by atoms with van der Waals surface area (Å²) >= 11 is 0. The molecule has 0 atom stereocenters. The highest BCUT2D eigenvalue weighted by atomic mass is 16.5. The van der Waals surface area contributed by atoms with Gasteiger partial charge in [0.15, 0.2) is 0 Å². The Labute approximate surface area is 114 Å². The molecule has 0 fully saturated rings. The molecule has 0 bridgehead atoms. The average Bonchev–Trinajstić information content (AvgIpc) is 2.35. The van der Waals surface area contributed by atoms with E-state index in [4.69, 9.17) is 4.74 Å². The number of carbonyl (C=O) groups is 3. The van der Waals surface area contributed by atoms with Crippen LogP contribution in [-0.4, -0.2) is 61.4 Å². The Morgan fingerprint density at radius 3 is 2.11 bits per heavy atom. The third kappa shape index (κ3) is 7.43. The van der Waals surface area contributed by atoms with Crippen LogP contribution in [0, 0.1) is 0 Å². The fourth-order valence-electron chi connectivity index (χ4n) is 1.47. The van der Waals surface area contributed by atoms with Crippen molar-refractivity contribution in [3.8, 4) is 0 Å². The molecule has 6 nitrogen and oxygen atoms in total. The number of esters is 1. The summed E-state index contributed by atoms with van der Waals surface area (Å²) in [7, 11) is 3.30. The molecule has 19 heavy (non-hydrogen) atoms. The summed E-state index contributed by atoms with van der Waals surface area (Å²) in [5.41, 5.74) is 0. The largest absolute Gasteiger partial charge is 0.466 e. The van der Waals surface area contributed by atoms with Crippen molar-refractivity contribution in [3.63, 3.8) is 0 Å². The van der Waals surface area contributed by atoms with Crippen molar-refractivity contribution in [2.75, 3.05) is 33.8 Å². The van der Waals surface area contributed by atoms with Crippen molar-refractivity contribution in [1.82, 2.24) is 9.80 Å². The maximum Gasteiger partial charge on any atom is 0.306 e. The van der Waals surface area contributed by atoms with Crippen molar-refractivity contribution >= 4 is 17.8 Å². The van der Waals surface area contributed by atoms with Gasteiger partial charge in [-0.15, -0.1) is 0 Å². The Morgan fingerprint density at radius 1 is 1.00 bits per heavy atom. The van der Waals surface area contributed by atoms with Crippen LogP contribution in [0.25, 0.3) is 0 Å². The molecule has 0 aliphatic carbocycles. The van der Waals surface area contributed by atoms with E-state index >= 15 is 0 Å². The average molecular weight is 272 g/mol. The van der Waals surface area contributed by atoms with Crippen LogP contribution in [0.4, 0.5) is 0 Å². The topological polar surface area (TPSA) is 66.9 Å². The standard InChI is InChI=1S/C13H24N2O4/c1-5-9-15(10-12(17)14(3)4)11(16)7-8-13(18)19-6-2/h5-10H2,1-4H3. The molecule has 6 heteroatoms. The normalized spacial score (nSPS) is 9.89. The Morgan fingerprint density at radius 2 is 1.63 bits per heavy atom. The monoisotopic (exact) mass is 272 g/mol. The number of ether oxygens (including phenoxy) is 1. The summed E-state index contributed by atoms with van der Waals surface area (Å²) in [4.78, 5) is 37.7. The third-order valence-electron chi connectivity index (χ3n) is 2.52. The van der Waals surface area contributed by atoms with Gasteiger partial charge in [0.1, 0.15) is 0 Å². The molecule has 0 saturated heterocycles. The predicted octanol–water partition coefficient (Wildman–Crippen LogP) is 0.656. The summed E-state index contributed by atoms with van der Waals surface area (Å²) in [6.07, 6.45) is 0.911. The molecule has 110 valence electrons. The first-order chi connectivity index (χ1) is 8.92. The summed E-state index contributed by atoms with van der Waals surface area (Å²) in [6, 6.07) is 0. The maximum absolute atomic E-state index is 11.9. The van der Waals surface area contributed by atoms with E-state index in [-0.39, 0.29) is 37.2 Å². The van der Waals surface area contributed by atoms with Gasteiger partial charge in [0.25, 0.3) is 0 Å². The highest BCUT2D eigenvalue weighted by Crippen LogP contribution is 2.02. The molecule has 0 spiro atoms. The highest BCUT2D eigenvalue weighted by molar-refractivity contribution is 5.86. The van der Waals surface area contributed by atoms with Gasteiger partial charge in [-0.25, -0.2) is 0 Å². The van der Waals surface area contributed by atoms with Crippen LogP contribution in [0.1, 0.15) is 33.1 Å². The van der Waals surface area contributed by atoms with Gasteiger partial charge in [-0.3, -0.25) is 14.4 Å². The minimum Gasteiger partial charge on any atom is -0.466 e. The lowest BCUT2D eigenvalue weighted by atomic mass is 10.2. The molecule has 0 aromatic carbocycles. The molecule has 0 aliphatic heterocycles. The predicted molar refractivity (Wildman–Crippen MR) is 71.4 cm³/mol. The summed E-state index contributed by atoms with van der Waals surface area (Å²) in [5, 5.41) is 0. The van der Waals surface area contributed by atoms with Gasteiger partial charge in [-0.1, -0.05) is 6.92 Å². The molecule has 0 aromatic heterocycles. The molecule has 0 aromatic rings. The Hall–Kier alpha value is -1.59. The van der Waals surface area contributed by atoms with E-state index in [0.717, 1.165) is 6.42 Å². The number of nitrogens with zero attached hydrogens (tertiary/aromatic N) is 2. The zero-order valence-electron chi connectivity index (χ0n) is 12.3. The Kier molecular flexibility index (Phi) is 8.57. The number of likely N-dealkylation sites (N-methyl/N-ethyl adjacent to an activating group) is 1. The molecule has 2 amide bonds. The lowest BCUT2D eigenvalue weighted by Gasteiger charge is -2.23. The second kappa shape index (κ2) is 9.35. The van der Waals surface area contributed by atoms with Crippen LogP contribution < -0.4 is 0 Å². The second-order valence-electron chi connectivity index (χ2n) is 4.41.